The summed E-state index contributed by atoms with van der Waals surface area (Å²) in [7, 11) is 1.88. The molecule has 1 rings (SSSR count). The smallest absolute Gasteiger partial charge is 0.131 e. The average Bonchev–Trinajstić information content (AvgIpc) is 2.58. The molecule has 1 aromatic heterocycles. The van der Waals surface area contributed by atoms with Crippen molar-refractivity contribution in [3.63, 3.8) is 0 Å². The van der Waals surface area contributed by atoms with E-state index >= 15 is 0 Å². The lowest BCUT2D eigenvalue weighted by Crippen LogP contribution is -2.15. The molecular weight excluding hydrogens is 258 g/mol. The number of aryl methyl sites for hydroxylation is 2. The molecule has 0 spiro atoms. The Labute approximate surface area is 122 Å². The summed E-state index contributed by atoms with van der Waals surface area (Å²) in [6.45, 7) is 8.48. The van der Waals surface area contributed by atoms with Gasteiger partial charge in [0.25, 0.3) is 0 Å². The first-order chi connectivity index (χ1) is 9.02. The summed E-state index contributed by atoms with van der Waals surface area (Å²) in [6.07, 6.45) is 6.64. The van der Waals surface area contributed by atoms with Crippen LogP contribution >= 0.6 is 11.6 Å². The second-order valence-corrected chi connectivity index (χ2v) is 6.11. The van der Waals surface area contributed by atoms with Crippen LogP contribution in [-0.4, -0.2) is 16.3 Å². The number of hydrogen-bond donors (Lipinski definition) is 1. The highest BCUT2D eigenvalue weighted by molar-refractivity contribution is 6.30. The Hall–Kier alpha value is -0.540. The summed E-state index contributed by atoms with van der Waals surface area (Å²) in [6, 6.07) is 0. The van der Waals surface area contributed by atoms with Crippen LogP contribution in [0, 0.1) is 12.8 Å². The molecule has 0 aliphatic rings. The molecule has 0 aliphatic heterocycles. The number of nitrogens with zero attached hydrogens (tertiary/aromatic N) is 2. The van der Waals surface area contributed by atoms with Gasteiger partial charge in [0.2, 0.25) is 0 Å². The van der Waals surface area contributed by atoms with Gasteiger partial charge in [-0.25, -0.2) is 0 Å². The second kappa shape index (κ2) is 8.60. The molecule has 4 heteroatoms. The van der Waals surface area contributed by atoms with E-state index in [4.69, 9.17) is 11.6 Å². The molecule has 0 aliphatic carbocycles. The zero-order valence-corrected chi connectivity index (χ0v) is 13.6. The molecule has 0 bridgehead atoms. The van der Waals surface area contributed by atoms with Crippen molar-refractivity contribution in [1.29, 1.82) is 0 Å². The standard InChI is InChI=1S/C15H28ClN3/c1-12(2)9-7-5-6-8-10-17-11-14-13(3)18-19(4)15(14)16/h12,17H,5-11H2,1-4H3. The van der Waals surface area contributed by atoms with E-state index < -0.39 is 0 Å². The molecule has 0 aromatic carbocycles. The first-order valence-corrected chi connectivity index (χ1v) is 7.78. The van der Waals surface area contributed by atoms with Crippen molar-refractivity contribution in [3.05, 3.63) is 16.4 Å². The van der Waals surface area contributed by atoms with E-state index in [1.807, 2.05) is 14.0 Å². The summed E-state index contributed by atoms with van der Waals surface area (Å²) in [5, 5.41) is 8.52. The first-order valence-electron chi connectivity index (χ1n) is 7.41. The van der Waals surface area contributed by atoms with Gasteiger partial charge in [0, 0.05) is 19.2 Å². The number of rotatable bonds is 9. The quantitative estimate of drug-likeness (QED) is 0.693. The van der Waals surface area contributed by atoms with Crippen LogP contribution in [0.15, 0.2) is 0 Å². The maximum absolute atomic E-state index is 6.19. The Balaban J connectivity index is 2.08. The van der Waals surface area contributed by atoms with Gasteiger partial charge in [-0.2, -0.15) is 5.10 Å². The fourth-order valence-corrected chi connectivity index (χ4v) is 2.49. The molecule has 0 unspecified atom stereocenters. The van der Waals surface area contributed by atoms with Crippen LogP contribution in [0.3, 0.4) is 0 Å². The molecule has 1 aromatic rings. The van der Waals surface area contributed by atoms with Gasteiger partial charge in [0.05, 0.1) is 5.69 Å². The largest absolute Gasteiger partial charge is 0.312 e. The molecule has 3 nitrogen and oxygen atoms in total. The topological polar surface area (TPSA) is 29.9 Å². The predicted octanol–water partition coefficient (Wildman–Crippen LogP) is 4.08. The maximum atomic E-state index is 6.19. The SMILES string of the molecule is Cc1nn(C)c(Cl)c1CNCCCCCCC(C)C. The van der Waals surface area contributed by atoms with Gasteiger partial charge in [-0.3, -0.25) is 4.68 Å². The molecule has 1 heterocycles. The van der Waals surface area contributed by atoms with E-state index in [1.165, 1.54) is 32.1 Å². The Morgan fingerprint density at radius 3 is 2.47 bits per heavy atom. The lowest BCUT2D eigenvalue weighted by Gasteiger charge is -2.06. The van der Waals surface area contributed by atoms with Gasteiger partial charge in [0.15, 0.2) is 0 Å². The van der Waals surface area contributed by atoms with Crippen LogP contribution in [0.4, 0.5) is 0 Å². The fraction of sp³-hybridized carbons (Fsp3) is 0.800. The van der Waals surface area contributed by atoms with Gasteiger partial charge in [0.1, 0.15) is 5.15 Å². The summed E-state index contributed by atoms with van der Waals surface area (Å²) in [5.41, 5.74) is 2.15. The zero-order valence-electron chi connectivity index (χ0n) is 12.8. The lowest BCUT2D eigenvalue weighted by atomic mass is 10.0. The van der Waals surface area contributed by atoms with E-state index in [0.29, 0.717) is 0 Å². The van der Waals surface area contributed by atoms with Crippen molar-refractivity contribution < 1.29 is 0 Å². The van der Waals surface area contributed by atoms with Gasteiger partial charge in [-0.1, -0.05) is 51.1 Å². The molecule has 0 amide bonds. The van der Waals surface area contributed by atoms with Crippen LogP contribution in [0.5, 0.6) is 0 Å². The Kier molecular flexibility index (Phi) is 7.47. The average molecular weight is 286 g/mol. The minimum atomic E-state index is 0.752. The van der Waals surface area contributed by atoms with Gasteiger partial charge < -0.3 is 5.32 Å². The van der Waals surface area contributed by atoms with E-state index in [9.17, 15) is 0 Å². The van der Waals surface area contributed by atoms with E-state index in [2.05, 4.69) is 24.3 Å². The van der Waals surface area contributed by atoms with Crippen LogP contribution < -0.4 is 5.32 Å². The number of nitrogens with one attached hydrogen (secondary N) is 1. The number of hydrogen-bond acceptors (Lipinski definition) is 2. The third kappa shape index (κ3) is 5.96. The minimum absolute atomic E-state index is 0.752. The molecule has 0 saturated heterocycles. The minimum Gasteiger partial charge on any atom is -0.312 e. The molecule has 0 radical (unpaired) electrons. The van der Waals surface area contributed by atoms with Crippen molar-refractivity contribution in [2.75, 3.05) is 6.54 Å². The Morgan fingerprint density at radius 2 is 1.89 bits per heavy atom. The molecule has 19 heavy (non-hydrogen) atoms. The normalized spacial score (nSPS) is 11.5. The lowest BCUT2D eigenvalue weighted by molar-refractivity contribution is 0.512. The fourth-order valence-electron chi connectivity index (χ4n) is 2.24. The van der Waals surface area contributed by atoms with Crippen LogP contribution in [0.2, 0.25) is 5.15 Å². The summed E-state index contributed by atoms with van der Waals surface area (Å²) in [5.74, 6) is 0.842. The molecule has 0 atom stereocenters. The summed E-state index contributed by atoms with van der Waals surface area (Å²) in [4.78, 5) is 0. The molecule has 110 valence electrons. The molecule has 0 saturated carbocycles. The van der Waals surface area contributed by atoms with Gasteiger partial charge >= 0.3 is 0 Å². The number of halogens is 1. The third-order valence-electron chi connectivity index (χ3n) is 3.46. The predicted molar refractivity (Wildman–Crippen MR) is 82.6 cm³/mol. The maximum Gasteiger partial charge on any atom is 0.131 e. The van der Waals surface area contributed by atoms with Gasteiger partial charge in [-0.15, -0.1) is 0 Å². The van der Waals surface area contributed by atoms with Crippen LogP contribution in [0.1, 0.15) is 57.2 Å². The van der Waals surface area contributed by atoms with Crippen LogP contribution in [-0.2, 0) is 13.6 Å². The summed E-state index contributed by atoms with van der Waals surface area (Å²) < 4.78 is 1.74. The highest BCUT2D eigenvalue weighted by Crippen LogP contribution is 2.18. The van der Waals surface area contributed by atoms with E-state index in [-0.39, 0.29) is 0 Å². The highest BCUT2D eigenvalue weighted by atomic mass is 35.5. The Bertz CT molecular complexity index is 372. The van der Waals surface area contributed by atoms with Gasteiger partial charge in [-0.05, 0) is 25.8 Å². The third-order valence-corrected chi connectivity index (χ3v) is 3.93. The van der Waals surface area contributed by atoms with Crippen molar-refractivity contribution in [1.82, 2.24) is 15.1 Å². The monoisotopic (exact) mass is 285 g/mol. The second-order valence-electron chi connectivity index (χ2n) is 5.75. The summed E-state index contributed by atoms with van der Waals surface area (Å²) >= 11 is 6.19. The van der Waals surface area contributed by atoms with Crippen molar-refractivity contribution >= 4 is 11.6 Å². The molecule has 1 N–H and O–H groups in total. The Morgan fingerprint density at radius 1 is 1.21 bits per heavy atom. The van der Waals surface area contributed by atoms with E-state index in [0.717, 1.165) is 35.4 Å². The highest BCUT2D eigenvalue weighted by Gasteiger charge is 2.09. The first kappa shape index (κ1) is 16.5. The molecular formula is C15H28ClN3. The van der Waals surface area contributed by atoms with E-state index in [1.54, 1.807) is 4.68 Å². The number of unbranched alkanes of at least 4 members (excludes halogenated alkanes) is 3. The van der Waals surface area contributed by atoms with Crippen molar-refractivity contribution in [2.24, 2.45) is 13.0 Å². The van der Waals surface area contributed by atoms with Crippen molar-refractivity contribution in [2.45, 2.75) is 59.4 Å². The zero-order chi connectivity index (χ0) is 14.3. The van der Waals surface area contributed by atoms with Crippen LogP contribution in [0.25, 0.3) is 0 Å². The number of aromatic nitrogens is 2. The van der Waals surface area contributed by atoms with Crippen molar-refractivity contribution in [3.8, 4) is 0 Å². The molecule has 0 fully saturated rings.